The molecule has 0 fully saturated rings. The van der Waals surface area contributed by atoms with Crippen LogP contribution in [0.15, 0.2) is 59.8 Å². The van der Waals surface area contributed by atoms with Crippen molar-refractivity contribution in [2.75, 3.05) is 7.11 Å². The summed E-state index contributed by atoms with van der Waals surface area (Å²) in [4.78, 5) is 11.5. The molecule has 0 atom stereocenters. The number of aromatic nitrogens is 2. The zero-order chi connectivity index (χ0) is 21.6. The first-order valence-corrected chi connectivity index (χ1v) is 10.2. The van der Waals surface area contributed by atoms with E-state index in [2.05, 4.69) is 0 Å². The molecular weight excluding hydrogens is 414 g/mol. The molecule has 6 nitrogen and oxygen atoms in total. The molecule has 0 bridgehead atoms. The highest BCUT2D eigenvalue weighted by Gasteiger charge is 2.30. The minimum Gasteiger partial charge on any atom is -0.494 e. The summed E-state index contributed by atoms with van der Waals surface area (Å²) >= 11 is 0. The zero-order valence-electron chi connectivity index (χ0n) is 16.0. The first-order valence-electron chi connectivity index (χ1n) is 8.79. The van der Waals surface area contributed by atoms with E-state index in [4.69, 9.17) is 4.74 Å². The Morgan fingerprint density at radius 1 is 1.10 bits per heavy atom. The molecule has 0 saturated heterocycles. The van der Waals surface area contributed by atoms with Crippen LogP contribution in [0.1, 0.15) is 10.4 Å². The maximum absolute atomic E-state index is 14.6. The minimum absolute atomic E-state index is 0.0283. The fraction of sp³-hybridized carbons (Fsp3) is 0.0952. The lowest BCUT2D eigenvalue weighted by Gasteiger charge is -2.13. The molecular formula is C21H16F2N2O4S. The van der Waals surface area contributed by atoms with Crippen molar-refractivity contribution in [3.8, 4) is 17.0 Å². The number of methoxy groups -OCH3 is 1. The number of hydrogen-bond acceptors (Lipinski definition) is 4. The average molecular weight is 430 g/mol. The first kappa shape index (κ1) is 19.8. The molecule has 0 aliphatic carbocycles. The number of hydrogen-bond donors (Lipinski definition) is 0. The Balaban J connectivity index is 2.07. The standard InChI is InChI=1S/C21H16F2N2O4S/c1-24-9-8-16-18(24)4-3-5-19(16)30(27,28)25-11-13(12-26)21(29-2)20(25)15-7-6-14(22)10-17(15)23/h3-12H,1-2H3. The largest absolute Gasteiger partial charge is 0.494 e. The summed E-state index contributed by atoms with van der Waals surface area (Å²) in [6.07, 6.45) is 3.21. The Labute approximate surface area is 171 Å². The second kappa shape index (κ2) is 7.10. The number of carbonyl (C=O) groups excluding carboxylic acids is 1. The fourth-order valence-electron chi connectivity index (χ4n) is 3.50. The fourth-order valence-corrected chi connectivity index (χ4v) is 5.09. The lowest BCUT2D eigenvalue weighted by molar-refractivity contribution is 0.112. The van der Waals surface area contributed by atoms with Crippen molar-refractivity contribution in [1.29, 1.82) is 0 Å². The molecule has 0 spiro atoms. The summed E-state index contributed by atoms with van der Waals surface area (Å²) in [6.45, 7) is 0. The zero-order valence-corrected chi connectivity index (χ0v) is 16.8. The molecule has 30 heavy (non-hydrogen) atoms. The van der Waals surface area contributed by atoms with Crippen LogP contribution in [0.3, 0.4) is 0 Å². The Bertz CT molecular complexity index is 1400. The van der Waals surface area contributed by atoms with Gasteiger partial charge in [0.2, 0.25) is 0 Å². The summed E-state index contributed by atoms with van der Waals surface area (Å²) in [5.41, 5.74) is 0.176. The normalized spacial score (nSPS) is 11.7. The van der Waals surface area contributed by atoms with Gasteiger partial charge in [-0.3, -0.25) is 4.79 Å². The van der Waals surface area contributed by atoms with Crippen LogP contribution >= 0.6 is 0 Å². The molecule has 0 N–H and O–H groups in total. The van der Waals surface area contributed by atoms with E-state index in [1.807, 2.05) is 0 Å². The SMILES string of the molecule is COc1c(C=O)cn(S(=O)(=O)c2cccc3c2ccn3C)c1-c1ccc(F)cc1F. The maximum atomic E-state index is 14.6. The molecule has 0 unspecified atom stereocenters. The monoisotopic (exact) mass is 430 g/mol. The molecule has 0 saturated carbocycles. The summed E-state index contributed by atoms with van der Waals surface area (Å²) in [6, 6.07) is 9.18. The third-order valence-corrected chi connectivity index (χ3v) is 6.61. The molecule has 2 heterocycles. The van der Waals surface area contributed by atoms with Crippen LogP contribution in [0.4, 0.5) is 8.78 Å². The van der Waals surface area contributed by atoms with E-state index in [0.717, 1.165) is 22.3 Å². The Kier molecular flexibility index (Phi) is 4.70. The predicted molar refractivity (Wildman–Crippen MR) is 107 cm³/mol. The van der Waals surface area contributed by atoms with Gasteiger partial charge in [-0.1, -0.05) is 6.07 Å². The van der Waals surface area contributed by atoms with Gasteiger partial charge < -0.3 is 9.30 Å². The van der Waals surface area contributed by atoms with Gasteiger partial charge in [-0.25, -0.2) is 21.2 Å². The van der Waals surface area contributed by atoms with Crippen LogP contribution in [-0.2, 0) is 17.1 Å². The lowest BCUT2D eigenvalue weighted by Crippen LogP contribution is -2.14. The minimum atomic E-state index is -4.28. The van der Waals surface area contributed by atoms with Crippen LogP contribution in [0.2, 0.25) is 0 Å². The highest BCUT2D eigenvalue weighted by molar-refractivity contribution is 7.90. The van der Waals surface area contributed by atoms with Gasteiger partial charge in [0.25, 0.3) is 10.0 Å². The van der Waals surface area contributed by atoms with E-state index in [1.54, 1.807) is 36.0 Å². The van der Waals surface area contributed by atoms with Crippen LogP contribution < -0.4 is 4.74 Å². The van der Waals surface area contributed by atoms with E-state index >= 15 is 0 Å². The number of ether oxygens (including phenoxy) is 1. The number of benzene rings is 2. The smallest absolute Gasteiger partial charge is 0.268 e. The molecule has 4 rings (SSSR count). The molecule has 0 amide bonds. The van der Waals surface area contributed by atoms with E-state index < -0.39 is 21.7 Å². The summed E-state index contributed by atoms with van der Waals surface area (Å²) in [5, 5.41) is 0.464. The molecule has 0 aliphatic heterocycles. The van der Waals surface area contributed by atoms with Gasteiger partial charge in [0, 0.05) is 42.0 Å². The summed E-state index contributed by atoms with van der Waals surface area (Å²) < 4.78 is 63.1. The first-order chi connectivity index (χ1) is 14.3. The van der Waals surface area contributed by atoms with Gasteiger partial charge in [-0.2, -0.15) is 0 Å². The van der Waals surface area contributed by atoms with Gasteiger partial charge in [0.1, 0.15) is 17.3 Å². The van der Waals surface area contributed by atoms with Gasteiger partial charge in [0.15, 0.2) is 12.0 Å². The maximum Gasteiger partial charge on any atom is 0.268 e. The third-order valence-electron chi connectivity index (χ3n) is 4.90. The third kappa shape index (κ3) is 2.89. The number of fused-ring (bicyclic) bond motifs is 1. The van der Waals surface area contributed by atoms with Crippen LogP contribution in [0.25, 0.3) is 22.2 Å². The van der Waals surface area contributed by atoms with Crippen molar-refractivity contribution in [3.63, 3.8) is 0 Å². The van der Waals surface area contributed by atoms with E-state index in [9.17, 15) is 22.0 Å². The Morgan fingerprint density at radius 3 is 2.53 bits per heavy atom. The van der Waals surface area contributed by atoms with Crippen LogP contribution in [-0.4, -0.2) is 30.4 Å². The second-order valence-electron chi connectivity index (χ2n) is 6.62. The number of nitrogens with zero attached hydrogens (tertiary/aromatic N) is 2. The van der Waals surface area contributed by atoms with E-state index in [0.29, 0.717) is 23.3 Å². The highest BCUT2D eigenvalue weighted by atomic mass is 32.2. The predicted octanol–water partition coefficient (Wildman–Crippen LogP) is 3.98. The topological polar surface area (TPSA) is 70.3 Å². The van der Waals surface area contributed by atoms with Gasteiger partial charge >= 0.3 is 0 Å². The number of aryl methyl sites for hydroxylation is 1. The summed E-state index contributed by atoms with van der Waals surface area (Å²) in [5.74, 6) is -1.93. The van der Waals surface area contributed by atoms with Crippen molar-refractivity contribution in [1.82, 2.24) is 8.54 Å². The molecule has 4 aromatic rings. The Morgan fingerprint density at radius 2 is 1.87 bits per heavy atom. The van der Waals surface area contributed by atoms with Crippen molar-refractivity contribution < 1.29 is 26.7 Å². The molecule has 0 aliphatic rings. The number of halogens is 2. The van der Waals surface area contributed by atoms with E-state index in [-0.39, 0.29) is 27.5 Å². The highest BCUT2D eigenvalue weighted by Crippen LogP contribution is 2.39. The van der Waals surface area contributed by atoms with Crippen molar-refractivity contribution in [3.05, 3.63) is 72.1 Å². The van der Waals surface area contributed by atoms with Gasteiger partial charge in [-0.15, -0.1) is 0 Å². The Hall–Kier alpha value is -3.46. The summed E-state index contributed by atoms with van der Waals surface area (Å²) in [7, 11) is -1.26. The van der Waals surface area contributed by atoms with Crippen molar-refractivity contribution >= 4 is 27.2 Å². The second-order valence-corrected chi connectivity index (χ2v) is 8.41. The number of aldehydes is 1. The van der Waals surface area contributed by atoms with Crippen LogP contribution in [0.5, 0.6) is 5.75 Å². The number of carbonyl (C=O) groups is 1. The lowest BCUT2D eigenvalue weighted by atomic mass is 10.1. The average Bonchev–Trinajstić information content (AvgIpc) is 3.29. The molecule has 2 aromatic carbocycles. The van der Waals surface area contributed by atoms with Crippen molar-refractivity contribution in [2.45, 2.75) is 4.90 Å². The van der Waals surface area contributed by atoms with Gasteiger partial charge in [-0.05, 0) is 30.3 Å². The molecule has 2 aromatic heterocycles. The number of rotatable bonds is 5. The van der Waals surface area contributed by atoms with E-state index in [1.165, 1.54) is 13.2 Å². The van der Waals surface area contributed by atoms with Gasteiger partial charge in [0.05, 0.1) is 17.6 Å². The molecule has 0 radical (unpaired) electrons. The quantitative estimate of drug-likeness (QED) is 0.449. The van der Waals surface area contributed by atoms with Crippen molar-refractivity contribution in [2.24, 2.45) is 7.05 Å². The molecule has 154 valence electrons. The van der Waals surface area contributed by atoms with Crippen LogP contribution in [0, 0.1) is 11.6 Å². The molecule has 9 heteroatoms.